The third-order valence-electron chi connectivity index (χ3n) is 3.91. The summed E-state index contributed by atoms with van der Waals surface area (Å²) < 4.78 is 11.8. The standard InChI is InChI=1S/C16H22N2O2/c1-3-17-13(15-9-8-11(2)19-15)10-16-18-12-6-4-5-7-14(12)20-16/h4-7,11,13,15,17H,3,8-10H2,1-2H3. The second-order valence-corrected chi connectivity index (χ2v) is 5.51. The molecule has 0 radical (unpaired) electrons. The van der Waals surface area contributed by atoms with Gasteiger partial charge in [0.1, 0.15) is 5.52 Å². The van der Waals surface area contributed by atoms with Crippen LogP contribution in [0.2, 0.25) is 0 Å². The van der Waals surface area contributed by atoms with Gasteiger partial charge >= 0.3 is 0 Å². The lowest BCUT2D eigenvalue weighted by atomic mass is 10.0. The zero-order valence-electron chi connectivity index (χ0n) is 12.1. The summed E-state index contributed by atoms with van der Waals surface area (Å²) in [6.45, 7) is 5.19. The first-order valence-corrected chi connectivity index (χ1v) is 7.49. The number of nitrogens with one attached hydrogen (secondary N) is 1. The van der Waals surface area contributed by atoms with Crippen molar-refractivity contribution in [3.8, 4) is 0 Å². The van der Waals surface area contributed by atoms with E-state index in [1.807, 2.05) is 24.3 Å². The van der Waals surface area contributed by atoms with Crippen LogP contribution in [0.25, 0.3) is 11.1 Å². The summed E-state index contributed by atoms with van der Waals surface area (Å²) in [5.74, 6) is 0.792. The predicted molar refractivity (Wildman–Crippen MR) is 78.7 cm³/mol. The van der Waals surface area contributed by atoms with Crippen molar-refractivity contribution in [2.45, 2.75) is 51.4 Å². The average Bonchev–Trinajstić information content (AvgIpc) is 3.03. The highest BCUT2D eigenvalue weighted by molar-refractivity contribution is 5.72. The van der Waals surface area contributed by atoms with Gasteiger partial charge in [-0.2, -0.15) is 0 Å². The second-order valence-electron chi connectivity index (χ2n) is 5.51. The van der Waals surface area contributed by atoms with Crippen LogP contribution in [0.5, 0.6) is 0 Å². The molecule has 4 heteroatoms. The molecular weight excluding hydrogens is 252 g/mol. The maximum Gasteiger partial charge on any atom is 0.197 e. The summed E-state index contributed by atoms with van der Waals surface area (Å²) >= 11 is 0. The minimum atomic E-state index is 0.264. The zero-order valence-corrected chi connectivity index (χ0v) is 12.1. The van der Waals surface area contributed by atoms with Crippen LogP contribution in [0.15, 0.2) is 28.7 Å². The smallest absolute Gasteiger partial charge is 0.197 e. The van der Waals surface area contributed by atoms with Gasteiger partial charge in [0, 0.05) is 12.5 Å². The molecule has 1 aromatic carbocycles. The van der Waals surface area contributed by atoms with Crippen molar-refractivity contribution in [2.24, 2.45) is 0 Å². The molecule has 1 aliphatic rings. The first-order chi connectivity index (χ1) is 9.76. The summed E-state index contributed by atoms with van der Waals surface area (Å²) in [5.41, 5.74) is 1.79. The van der Waals surface area contributed by atoms with Crippen molar-refractivity contribution in [3.05, 3.63) is 30.2 Å². The average molecular weight is 274 g/mol. The molecule has 1 N–H and O–H groups in total. The highest BCUT2D eigenvalue weighted by Crippen LogP contribution is 2.24. The molecule has 0 amide bonds. The molecule has 0 bridgehead atoms. The van der Waals surface area contributed by atoms with Gasteiger partial charge in [0.15, 0.2) is 11.5 Å². The van der Waals surface area contributed by atoms with Crippen LogP contribution in [0.4, 0.5) is 0 Å². The zero-order chi connectivity index (χ0) is 13.9. The molecule has 0 saturated carbocycles. The molecule has 3 rings (SSSR count). The Bertz CT molecular complexity index is 533. The van der Waals surface area contributed by atoms with Crippen LogP contribution >= 0.6 is 0 Å². The van der Waals surface area contributed by atoms with E-state index in [1.165, 1.54) is 0 Å². The lowest BCUT2D eigenvalue weighted by Crippen LogP contribution is -2.41. The Balaban J connectivity index is 1.75. The van der Waals surface area contributed by atoms with Crippen molar-refractivity contribution in [1.82, 2.24) is 10.3 Å². The number of rotatable bonds is 5. The van der Waals surface area contributed by atoms with E-state index in [4.69, 9.17) is 9.15 Å². The van der Waals surface area contributed by atoms with Gasteiger partial charge in [-0.25, -0.2) is 4.98 Å². The number of fused-ring (bicyclic) bond motifs is 1. The molecule has 0 aliphatic carbocycles. The van der Waals surface area contributed by atoms with Crippen LogP contribution in [-0.4, -0.2) is 29.8 Å². The quantitative estimate of drug-likeness (QED) is 0.910. The summed E-state index contributed by atoms with van der Waals surface area (Å²) in [7, 11) is 0. The van der Waals surface area contributed by atoms with Gasteiger partial charge in [0.2, 0.25) is 0 Å². The second kappa shape index (κ2) is 5.94. The van der Waals surface area contributed by atoms with Crippen LogP contribution < -0.4 is 5.32 Å². The van der Waals surface area contributed by atoms with Crippen LogP contribution in [0.3, 0.4) is 0 Å². The number of likely N-dealkylation sites (N-methyl/N-ethyl adjacent to an activating group) is 1. The Hall–Kier alpha value is -1.39. The van der Waals surface area contributed by atoms with Gasteiger partial charge in [-0.05, 0) is 38.4 Å². The van der Waals surface area contributed by atoms with Gasteiger partial charge in [0.25, 0.3) is 0 Å². The van der Waals surface area contributed by atoms with Gasteiger partial charge in [-0.1, -0.05) is 19.1 Å². The number of hydrogen-bond donors (Lipinski definition) is 1. The molecule has 0 spiro atoms. The summed E-state index contributed by atoms with van der Waals surface area (Å²) in [6, 6.07) is 8.18. The monoisotopic (exact) mass is 274 g/mol. The first kappa shape index (κ1) is 13.6. The predicted octanol–water partition coefficient (Wildman–Crippen LogP) is 2.92. The van der Waals surface area contributed by atoms with Gasteiger partial charge in [-0.3, -0.25) is 0 Å². The largest absolute Gasteiger partial charge is 0.441 e. The molecule has 1 saturated heterocycles. The third-order valence-corrected chi connectivity index (χ3v) is 3.91. The summed E-state index contributed by atoms with van der Waals surface area (Å²) in [6.07, 6.45) is 3.66. The van der Waals surface area contributed by atoms with E-state index in [-0.39, 0.29) is 12.1 Å². The van der Waals surface area contributed by atoms with Gasteiger partial charge in [-0.15, -0.1) is 0 Å². The highest BCUT2D eigenvalue weighted by atomic mass is 16.5. The number of ether oxygens (including phenoxy) is 1. The SMILES string of the molecule is CCNC(Cc1nc2ccccc2o1)C1CCC(C)O1. The van der Waals surface area contributed by atoms with E-state index in [2.05, 4.69) is 24.1 Å². The number of oxazole rings is 1. The van der Waals surface area contributed by atoms with Crippen LogP contribution in [0.1, 0.15) is 32.6 Å². The van der Waals surface area contributed by atoms with E-state index >= 15 is 0 Å². The minimum Gasteiger partial charge on any atom is -0.441 e. The van der Waals surface area contributed by atoms with Crippen molar-refractivity contribution in [3.63, 3.8) is 0 Å². The lowest BCUT2D eigenvalue weighted by Gasteiger charge is -2.23. The normalized spacial score (nSPS) is 24.3. The lowest BCUT2D eigenvalue weighted by molar-refractivity contribution is 0.0311. The minimum absolute atomic E-state index is 0.264. The molecule has 1 fully saturated rings. The molecule has 2 heterocycles. The molecule has 1 aliphatic heterocycles. The van der Waals surface area contributed by atoms with E-state index in [1.54, 1.807) is 0 Å². The van der Waals surface area contributed by atoms with Gasteiger partial charge in [0.05, 0.1) is 12.2 Å². The summed E-state index contributed by atoms with van der Waals surface area (Å²) in [5, 5.41) is 3.51. The molecule has 4 nitrogen and oxygen atoms in total. The topological polar surface area (TPSA) is 47.3 Å². The van der Waals surface area contributed by atoms with Crippen molar-refractivity contribution in [1.29, 1.82) is 0 Å². The molecular formula is C16H22N2O2. The molecule has 1 aromatic heterocycles. The number of hydrogen-bond acceptors (Lipinski definition) is 4. The van der Waals surface area contributed by atoms with E-state index in [9.17, 15) is 0 Å². The summed E-state index contributed by atoms with van der Waals surface area (Å²) in [4.78, 5) is 4.56. The van der Waals surface area contributed by atoms with Crippen LogP contribution in [-0.2, 0) is 11.2 Å². The van der Waals surface area contributed by atoms with E-state index in [0.717, 1.165) is 42.8 Å². The first-order valence-electron chi connectivity index (χ1n) is 7.49. The third kappa shape index (κ3) is 2.86. The van der Waals surface area contributed by atoms with E-state index in [0.29, 0.717) is 6.10 Å². The van der Waals surface area contributed by atoms with E-state index < -0.39 is 0 Å². The Labute approximate surface area is 119 Å². The molecule has 3 atom stereocenters. The number of para-hydroxylation sites is 2. The Morgan fingerprint density at radius 2 is 2.20 bits per heavy atom. The molecule has 108 valence electrons. The molecule has 2 aromatic rings. The fraction of sp³-hybridized carbons (Fsp3) is 0.562. The van der Waals surface area contributed by atoms with Crippen molar-refractivity contribution >= 4 is 11.1 Å². The number of aromatic nitrogens is 1. The number of nitrogens with zero attached hydrogens (tertiary/aromatic N) is 1. The van der Waals surface area contributed by atoms with Crippen molar-refractivity contribution < 1.29 is 9.15 Å². The van der Waals surface area contributed by atoms with Crippen molar-refractivity contribution in [2.75, 3.05) is 6.54 Å². The van der Waals surface area contributed by atoms with Crippen LogP contribution in [0, 0.1) is 0 Å². The fourth-order valence-electron chi connectivity index (χ4n) is 2.92. The Morgan fingerprint density at radius 1 is 1.35 bits per heavy atom. The molecule has 20 heavy (non-hydrogen) atoms. The highest BCUT2D eigenvalue weighted by Gasteiger charge is 2.30. The Morgan fingerprint density at radius 3 is 2.90 bits per heavy atom. The molecule has 3 unspecified atom stereocenters. The number of benzene rings is 1. The fourth-order valence-corrected chi connectivity index (χ4v) is 2.92. The maximum absolute atomic E-state index is 5.99. The Kier molecular flexibility index (Phi) is 4.03. The van der Waals surface area contributed by atoms with Gasteiger partial charge < -0.3 is 14.5 Å². The maximum atomic E-state index is 5.99.